The van der Waals surface area contributed by atoms with Crippen LogP contribution in [0, 0.1) is 11.8 Å². The van der Waals surface area contributed by atoms with Gasteiger partial charge in [0.1, 0.15) is 12.4 Å². The molecule has 0 saturated carbocycles. The zero-order valence-corrected chi connectivity index (χ0v) is 17.6. The van der Waals surface area contributed by atoms with Crippen LogP contribution in [-0.2, 0) is 21.1 Å². The van der Waals surface area contributed by atoms with Crippen molar-refractivity contribution in [1.82, 2.24) is 5.32 Å². The van der Waals surface area contributed by atoms with Crippen molar-refractivity contribution in [2.45, 2.75) is 30.4 Å². The highest BCUT2D eigenvalue weighted by atomic mass is 32.2. The summed E-state index contributed by atoms with van der Waals surface area (Å²) < 4.78 is 40.3. The van der Waals surface area contributed by atoms with Gasteiger partial charge in [-0.2, -0.15) is 0 Å². The molecule has 0 saturated heterocycles. The van der Waals surface area contributed by atoms with E-state index in [1.165, 1.54) is 12.1 Å². The first kappa shape index (κ1) is 21.5. The highest BCUT2D eigenvalue weighted by Crippen LogP contribution is 2.34. The fourth-order valence-corrected chi connectivity index (χ4v) is 3.72. The number of sulfone groups is 1. The maximum Gasteiger partial charge on any atom is 0.231 e. The molecular formula is C22H23NO6S. The molecule has 0 aliphatic carbocycles. The van der Waals surface area contributed by atoms with E-state index in [4.69, 9.17) is 14.2 Å². The predicted octanol–water partition coefficient (Wildman–Crippen LogP) is 2.34. The highest BCUT2D eigenvalue weighted by molar-refractivity contribution is 7.92. The molecular weight excluding hydrogens is 406 g/mol. The quantitative estimate of drug-likeness (QED) is 0.680. The third-order valence-electron chi connectivity index (χ3n) is 4.39. The number of carbonyl (C=O) groups is 1. The SMILES string of the molecule is CC(C)S(=O)(=O)c1ccc(CC(=O)NCC#CCOc2ccc3c(c2)OCO3)cc1. The number of carbonyl (C=O) groups excluding carboxylic acids is 1. The Bertz CT molecular complexity index is 1070. The van der Waals surface area contributed by atoms with Crippen LogP contribution in [0.2, 0.25) is 0 Å². The van der Waals surface area contributed by atoms with Crippen LogP contribution < -0.4 is 19.5 Å². The monoisotopic (exact) mass is 429 g/mol. The number of benzene rings is 2. The maximum absolute atomic E-state index is 12.1. The van der Waals surface area contributed by atoms with Crippen LogP contribution in [0.25, 0.3) is 0 Å². The number of nitrogens with one attached hydrogen (secondary N) is 1. The number of hydrogen-bond acceptors (Lipinski definition) is 6. The van der Waals surface area contributed by atoms with Crippen LogP contribution in [-0.4, -0.2) is 39.5 Å². The molecule has 0 atom stereocenters. The van der Waals surface area contributed by atoms with E-state index in [9.17, 15) is 13.2 Å². The van der Waals surface area contributed by atoms with Crippen LogP contribution in [0.4, 0.5) is 0 Å². The van der Waals surface area contributed by atoms with Crippen molar-refractivity contribution in [3.8, 4) is 29.1 Å². The van der Waals surface area contributed by atoms with E-state index in [2.05, 4.69) is 17.2 Å². The lowest BCUT2D eigenvalue weighted by Crippen LogP contribution is -2.25. The number of hydrogen-bond donors (Lipinski definition) is 1. The molecule has 158 valence electrons. The van der Waals surface area contributed by atoms with Gasteiger partial charge in [-0.1, -0.05) is 24.0 Å². The zero-order chi connectivity index (χ0) is 21.6. The Kier molecular flexibility index (Phi) is 6.85. The standard InChI is InChI=1S/C22H23NO6S/c1-16(2)30(25,26)19-8-5-17(6-9-19)13-22(24)23-11-3-4-12-27-18-7-10-20-21(14-18)29-15-28-20/h5-10,14,16H,11-13,15H2,1-2H3,(H,23,24). The van der Waals surface area contributed by atoms with Crippen molar-refractivity contribution in [2.75, 3.05) is 19.9 Å². The number of amides is 1. The third kappa shape index (κ3) is 5.45. The molecule has 0 spiro atoms. The molecule has 3 rings (SSSR count). The van der Waals surface area contributed by atoms with E-state index in [1.807, 2.05) is 0 Å². The van der Waals surface area contributed by atoms with Crippen molar-refractivity contribution < 1.29 is 27.4 Å². The molecule has 2 aromatic carbocycles. The molecule has 30 heavy (non-hydrogen) atoms. The normalized spacial score (nSPS) is 12.2. The number of fused-ring (bicyclic) bond motifs is 1. The van der Waals surface area contributed by atoms with Gasteiger partial charge >= 0.3 is 0 Å². The maximum atomic E-state index is 12.1. The van der Waals surface area contributed by atoms with Gasteiger partial charge in [0, 0.05) is 6.07 Å². The molecule has 0 unspecified atom stereocenters. The minimum absolute atomic E-state index is 0.150. The Balaban J connectivity index is 1.40. The minimum atomic E-state index is -3.31. The van der Waals surface area contributed by atoms with Gasteiger partial charge in [0.2, 0.25) is 12.7 Å². The average molecular weight is 429 g/mol. The molecule has 2 aromatic rings. The Morgan fingerprint density at radius 2 is 1.83 bits per heavy atom. The van der Waals surface area contributed by atoms with E-state index in [1.54, 1.807) is 44.2 Å². The van der Waals surface area contributed by atoms with Gasteiger partial charge in [-0.05, 0) is 43.7 Å². The summed E-state index contributed by atoms with van der Waals surface area (Å²) in [5, 5.41) is 2.22. The average Bonchev–Trinajstić information content (AvgIpc) is 3.18. The number of rotatable bonds is 7. The van der Waals surface area contributed by atoms with Gasteiger partial charge in [-0.3, -0.25) is 4.79 Å². The van der Waals surface area contributed by atoms with Gasteiger partial charge in [-0.25, -0.2) is 8.42 Å². The van der Waals surface area contributed by atoms with Crippen LogP contribution >= 0.6 is 0 Å². The Morgan fingerprint density at radius 1 is 1.10 bits per heavy atom. The molecule has 1 heterocycles. The first-order chi connectivity index (χ1) is 14.4. The van der Waals surface area contributed by atoms with Crippen LogP contribution in [0.15, 0.2) is 47.4 Å². The fourth-order valence-electron chi connectivity index (χ4n) is 2.66. The lowest BCUT2D eigenvalue weighted by molar-refractivity contribution is -0.120. The van der Waals surface area contributed by atoms with E-state index < -0.39 is 15.1 Å². The van der Waals surface area contributed by atoms with Crippen molar-refractivity contribution in [3.05, 3.63) is 48.0 Å². The summed E-state index contributed by atoms with van der Waals surface area (Å²) in [6.07, 6.45) is 0.150. The van der Waals surface area contributed by atoms with E-state index in [0.29, 0.717) is 17.2 Å². The predicted molar refractivity (Wildman–Crippen MR) is 111 cm³/mol. The lowest BCUT2D eigenvalue weighted by atomic mass is 10.1. The van der Waals surface area contributed by atoms with E-state index in [0.717, 1.165) is 5.56 Å². The molecule has 1 aliphatic heterocycles. The molecule has 1 amide bonds. The largest absolute Gasteiger partial charge is 0.481 e. The molecule has 0 fully saturated rings. The zero-order valence-electron chi connectivity index (χ0n) is 16.8. The summed E-state index contributed by atoms with van der Waals surface area (Å²) in [7, 11) is -3.31. The van der Waals surface area contributed by atoms with Crippen LogP contribution in [0.5, 0.6) is 17.2 Å². The van der Waals surface area contributed by atoms with Gasteiger partial charge < -0.3 is 19.5 Å². The van der Waals surface area contributed by atoms with E-state index in [-0.39, 0.29) is 37.2 Å². The van der Waals surface area contributed by atoms with Crippen molar-refractivity contribution in [2.24, 2.45) is 0 Å². The van der Waals surface area contributed by atoms with Crippen molar-refractivity contribution in [3.63, 3.8) is 0 Å². The topological polar surface area (TPSA) is 90.9 Å². The van der Waals surface area contributed by atoms with Gasteiger partial charge in [-0.15, -0.1) is 0 Å². The molecule has 0 aromatic heterocycles. The summed E-state index contributed by atoms with van der Waals surface area (Å²) in [5.41, 5.74) is 0.731. The Hall–Kier alpha value is -3.18. The minimum Gasteiger partial charge on any atom is -0.481 e. The van der Waals surface area contributed by atoms with Crippen LogP contribution in [0.1, 0.15) is 19.4 Å². The third-order valence-corrected chi connectivity index (χ3v) is 6.56. The summed E-state index contributed by atoms with van der Waals surface area (Å²) in [6.45, 7) is 3.86. The smallest absolute Gasteiger partial charge is 0.231 e. The first-order valence-electron chi connectivity index (χ1n) is 9.44. The van der Waals surface area contributed by atoms with E-state index >= 15 is 0 Å². The molecule has 1 aliphatic rings. The molecule has 1 N–H and O–H groups in total. The summed E-state index contributed by atoms with van der Waals surface area (Å²) in [4.78, 5) is 12.3. The van der Waals surface area contributed by atoms with Gasteiger partial charge in [0.25, 0.3) is 0 Å². The molecule has 8 heteroatoms. The van der Waals surface area contributed by atoms with Gasteiger partial charge in [0.05, 0.1) is 23.1 Å². The molecule has 7 nitrogen and oxygen atoms in total. The molecule has 0 bridgehead atoms. The summed E-state index contributed by atoms with van der Waals surface area (Å²) in [6, 6.07) is 11.7. The summed E-state index contributed by atoms with van der Waals surface area (Å²) >= 11 is 0. The Morgan fingerprint density at radius 3 is 2.57 bits per heavy atom. The highest BCUT2D eigenvalue weighted by Gasteiger charge is 2.18. The first-order valence-corrected chi connectivity index (χ1v) is 11.0. The second kappa shape index (κ2) is 9.55. The lowest BCUT2D eigenvalue weighted by Gasteiger charge is -2.08. The Labute approximate surface area is 176 Å². The number of ether oxygens (including phenoxy) is 3. The second-order valence-corrected chi connectivity index (χ2v) is 9.35. The second-order valence-electron chi connectivity index (χ2n) is 6.85. The van der Waals surface area contributed by atoms with Crippen LogP contribution in [0.3, 0.4) is 0 Å². The fraction of sp³-hybridized carbons (Fsp3) is 0.318. The molecule has 0 radical (unpaired) electrons. The van der Waals surface area contributed by atoms with Crippen molar-refractivity contribution >= 4 is 15.7 Å². The van der Waals surface area contributed by atoms with Crippen molar-refractivity contribution in [1.29, 1.82) is 0 Å². The van der Waals surface area contributed by atoms with Gasteiger partial charge in [0.15, 0.2) is 21.3 Å². The summed E-state index contributed by atoms with van der Waals surface area (Å²) in [5.74, 6) is 7.41.